The van der Waals surface area contributed by atoms with Gasteiger partial charge in [-0.3, -0.25) is 0 Å². The third-order valence-corrected chi connectivity index (χ3v) is 4.91. The Balaban J connectivity index is 1.37. The first-order valence-electron chi connectivity index (χ1n) is 8.76. The topological polar surface area (TPSA) is 75.9 Å². The smallest absolute Gasteiger partial charge is 0.225 e. The summed E-state index contributed by atoms with van der Waals surface area (Å²) in [7, 11) is 0. The molecule has 5 rings (SSSR count). The fraction of sp³-hybridized carbons (Fsp3) is 0.471. The highest BCUT2D eigenvalue weighted by molar-refractivity contribution is 5.83. The van der Waals surface area contributed by atoms with Crippen molar-refractivity contribution >= 4 is 22.9 Å². The van der Waals surface area contributed by atoms with Crippen LogP contribution in [0.3, 0.4) is 0 Å². The van der Waals surface area contributed by atoms with Crippen LogP contribution in [0.15, 0.2) is 25.0 Å². The lowest BCUT2D eigenvalue weighted by Gasteiger charge is -2.35. The minimum absolute atomic E-state index is 0.572. The molecule has 0 bridgehead atoms. The number of rotatable bonds is 3. The van der Waals surface area contributed by atoms with E-state index in [-0.39, 0.29) is 0 Å². The number of hydrogen-bond acceptors (Lipinski definition) is 7. The van der Waals surface area contributed by atoms with E-state index in [2.05, 4.69) is 39.3 Å². The van der Waals surface area contributed by atoms with E-state index in [1.807, 2.05) is 25.6 Å². The van der Waals surface area contributed by atoms with Crippen molar-refractivity contribution in [3.63, 3.8) is 0 Å². The molecule has 0 N–H and O–H groups in total. The molecule has 0 atom stereocenters. The van der Waals surface area contributed by atoms with Crippen LogP contribution < -0.4 is 9.80 Å². The molecule has 0 aromatic carbocycles. The predicted molar refractivity (Wildman–Crippen MR) is 94.8 cm³/mol. The summed E-state index contributed by atoms with van der Waals surface area (Å²) < 4.78 is 2.19. The van der Waals surface area contributed by atoms with Gasteiger partial charge in [0.25, 0.3) is 0 Å². The van der Waals surface area contributed by atoms with Crippen LogP contribution in [0.1, 0.15) is 24.4 Å². The first kappa shape index (κ1) is 14.6. The Kier molecular flexibility index (Phi) is 3.29. The molecule has 4 heterocycles. The van der Waals surface area contributed by atoms with Crippen LogP contribution in [0.2, 0.25) is 0 Å². The first-order chi connectivity index (χ1) is 12.3. The normalized spacial score (nSPS) is 18.1. The molecule has 1 saturated heterocycles. The SMILES string of the molecule is Cc1cnc(N2CCN(c3ncnc4c3ncn4C3CC3)CC2)nc1. The maximum atomic E-state index is 4.60. The summed E-state index contributed by atoms with van der Waals surface area (Å²) in [4.78, 5) is 27.0. The lowest BCUT2D eigenvalue weighted by molar-refractivity contribution is 0.635. The maximum Gasteiger partial charge on any atom is 0.225 e. The van der Waals surface area contributed by atoms with Crippen molar-refractivity contribution in [3.05, 3.63) is 30.6 Å². The molecule has 1 aliphatic carbocycles. The molecule has 2 fully saturated rings. The standard InChI is InChI=1S/C17H20N8/c1-12-8-18-17(19-9-12)24-6-4-23(5-7-24)15-14-16(21-10-20-15)25(11-22-14)13-2-3-13/h8-11,13H,2-7H2,1H3. The zero-order valence-electron chi connectivity index (χ0n) is 14.2. The molecule has 0 spiro atoms. The highest BCUT2D eigenvalue weighted by Crippen LogP contribution is 2.37. The lowest BCUT2D eigenvalue weighted by atomic mass is 10.3. The molecule has 3 aromatic rings. The van der Waals surface area contributed by atoms with Gasteiger partial charge in [-0.15, -0.1) is 0 Å². The van der Waals surface area contributed by atoms with Crippen LogP contribution in [0.5, 0.6) is 0 Å². The van der Waals surface area contributed by atoms with Gasteiger partial charge in [0.1, 0.15) is 6.33 Å². The van der Waals surface area contributed by atoms with Gasteiger partial charge < -0.3 is 14.4 Å². The Labute approximate surface area is 145 Å². The van der Waals surface area contributed by atoms with E-state index in [4.69, 9.17) is 0 Å². The third-order valence-electron chi connectivity index (χ3n) is 4.91. The number of aromatic nitrogens is 6. The fourth-order valence-corrected chi connectivity index (χ4v) is 3.36. The van der Waals surface area contributed by atoms with Gasteiger partial charge in [0.2, 0.25) is 5.95 Å². The molecule has 1 aliphatic heterocycles. The van der Waals surface area contributed by atoms with Gasteiger partial charge in [-0.2, -0.15) is 0 Å². The molecule has 8 heteroatoms. The van der Waals surface area contributed by atoms with E-state index >= 15 is 0 Å². The number of imidazole rings is 1. The van der Waals surface area contributed by atoms with Gasteiger partial charge in [0, 0.05) is 44.6 Å². The van der Waals surface area contributed by atoms with Crippen molar-refractivity contribution < 1.29 is 0 Å². The second kappa shape index (κ2) is 5.65. The van der Waals surface area contributed by atoms with Crippen LogP contribution in [0.4, 0.5) is 11.8 Å². The van der Waals surface area contributed by atoms with Crippen LogP contribution in [0, 0.1) is 6.92 Å². The van der Waals surface area contributed by atoms with Crippen molar-refractivity contribution in [1.29, 1.82) is 0 Å². The summed E-state index contributed by atoms with van der Waals surface area (Å²) in [5.41, 5.74) is 2.95. The van der Waals surface area contributed by atoms with Crippen molar-refractivity contribution in [2.75, 3.05) is 36.0 Å². The molecular weight excluding hydrogens is 316 g/mol. The molecule has 0 radical (unpaired) electrons. The van der Waals surface area contributed by atoms with Crippen LogP contribution in [-0.4, -0.2) is 55.7 Å². The molecule has 0 unspecified atom stereocenters. The molecule has 3 aromatic heterocycles. The van der Waals surface area contributed by atoms with Crippen molar-refractivity contribution in [2.24, 2.45) is 0 Å². The Morgan fingerprint density at radius 3 is 2.32 bits per heavy atom. The summed E-state index contributed by atoms with van der Waals surface area (Å²) in [6.45, 7) is 5.50. The van der Waals surface area contributed by atoms with E-state index in [9.17, 15) is 0 Å². The van der Waals surface area contributed by atoms with E-state index in [0.29, 0.717) is 6.04 Å². The van der Waals surface area contributed by atoms with E-state index in [1.165, 1.54) is 12.8 Å². The number of aryl methyl sites for hydroxylation is 1. The molecule has 128 valence electrons. The monoisotopic (exact) mass is 336 g/mol. The average molecular weight is 336 g/mol. The maximum absolute atomic E-state index is 4.60. The molecule has 25 heavy (non-hydrogen) atoms. The molecular formula is C17H20N8. The fourth-order valence-electron chi connectivity index (χ4n) is 3.36. The van der Waals surface area contributed by atoms with Crippen LogP contribution in [0.25, 0.3) is 11.2 Å². The average Bonchev–Trinajstić information content (AvgIpc) is 3.41. The Morgan fingerprint density at radius 2 is 1.60 bits per heavy atom. The summed E-state index contributed by atoms with van der Waals surface area (Å²) in [6.07, 6.45) is 9.75. The molecule has 2 aliphatic rings. The predicted octanol–water partition coefficient (Wildman–Crippen LogP) is 1.59. The Bertz CT molecular complexity index is 891. The van der Waals surface area contributed by atoms with Crippen LogP contribution >= 0.6 is 0 Å². The number of fused-ring (bicyclic) bond motifs is 1. The Morgan fingerprint density at radius 1 is 0.880 bits per heavy atom. The van der Waals surface area contributed by atoms with Gasteiger partial charge in [-0.05, 0) is 25.3 Å². The van der Waals surface area contributed by atoms with Gasteiger partial charge in [-0.25, -0.2) is 24.9 Å². The van der Waals surface area contributed by atoms with Gasteiger partial charge in [0.15, 0.2) is 17.0 Å². The summed E-state index contributed by atoms with van der Waals surface area (Å²) in [6, 6.07) is 0.572. The minimum Gasteiger partial charge on any atom is -0.351 e. The molecule has 0 amide bonds. The van der Waals surface area contributed by atoms with Crippen molar-refractivity contribution in [3.8, 4) is 0 Å². The van der Waals surface area contributed by atoms with E-state index < -0.39 is 0 Å². The minimum atomic E-state index is 0.572. The molecule has 1 saturated carbocycles. The first-order valence-corrected chi connectivity index (χ1v) is 8.76. The number of hydrogen-bond donors (Lipinski definition) is 0. The van der Waals surface area contributed by atoms with Crippen LogP contribution in [-0.2, 0) is 0 Å². The second-order valence-electron chi connectivity index (χ2n) is 6.79. The summed E-state index contributed by atoms with van der Waals surface area (Å²) in [5, 5.41) is 0. The lowest BCUT2D eigenvalue weighted by Crippen LogP contribution is -2.47. The zero-order valence-corrected chi connectivity index (χ0v) is 14.2. The van der Waals surface area contributed by atoms with E-state index in [0.717, 1.165) is 54.7 Å². The third kappa shape index (κ3) is 2.57. The second-order valence-corrected chi connectivity index (χ2v) is 6.79. The highest BCUT2D eigenvalue weighted by Gasteiger charge is 2.28. The largest absolute Gasteiger partial charge is 0.351 e. The van der Waals surface area contributed by atoms with Crippen molar-refractivity contribution in [1.82, 2.24) is 29.5 Å². The summed E-state index contributed by atoms with van der Waals surface area (Å²) in [5.74, 6) is 1.74. The van der Waals surface area contributed by atoms with Crippen molar-refractivity contribution in [2.45, 2.75) is 25.8 Å². The van der Waals surface area contributed by atoms with E-state index in [1.54, 1.807) is 6.33 Å². The number of anilines is 2. The van der Waals surface area contributed by atoms with Gasteiger partial charge in [0.05, 0.1) is 6.33 Å². The Hall–Kier alpha value is -2.77. The molecule has 8 nitrogen and oxygen atoms in total. The zero-order chi connectivity index (χ0) is 16.8. The quantitative estimate of drug-likeness (QED) is 0.719. The summed E-state index contributed by atoms with van der Waals surface area (Å²) >= 11 is 0. The number of nitrogens with zero attached hydrogens (tertiary/aromatic N) is 8. The van der Waals surface area contributed by atoms with Gasteiger partial charge in [-0.1, -0.05) is 0 Å². The van der Waals surface area contributed by atoms with Gasteiger partial charge >= 0.3 is 0 Å². The highest BCUT2D eigenvalue weighted by atomic mass is 15.3. The number of piperazine rings is 1.